The number of carbonyl (C=O) groups excluding carboxylic acids is 2. The summed E-state index contributed by atoms with van der Waals surface area (Å²) in [6.45, 7) is 0.150. The number of benzene rings is 2. The van der Waals surface area contributed by atoms with Crippen LogP contribution in [0, 0.1) is 16.0 Å². The first-order valence-electron chi connectivity index (χ1n) is 10.8. The first kappa shape index (κ1) is 21.9. The van der Waals surface area contributed by atoms with Crippen molar-refractivity contribution in [3.8, 4) is 0 Å². The lowest BCUT2D eigenvalue weighted by molar-refractivity contribution is -0.443. The van der Waals surface area contributed by atoms with Crippen LogP contribution in [-0.2, 0) is 11.3 Å². The van der Waals surface area contributed by atoms with Crippen LogP contribution in [-0.4, -0.2) is 26.5 Å². The average Bonchev–Trinajstić information content (AvgIpc) is 3.01. The lowest BCUT2D eigenvalue weighted by Gasteiger charge is -2.25. The van der Waals surface area contributed by atoms with E-state index in [9.17, 15) is 19.7 Å². The molecular formula is C24H21ClN3O4S+. The minimum atomic E-state index is -0.491. The molecule has 9 heteroatoms. The third kappa shape index (κ3) is 3.98. The van der Waals surface area contributed by atoms with Gasteiger partial charge in [0.1, 0.15) is 12.2 Å². The smallest absolute Gasteiger partial charge is 0.258 e. The Hall–Kier alpha value is -2.97. The normalized spacial score (nSPS) is 20.6. The Balaban J connectivity index is 1.61. The van der Waals surface area contributed by atoms with Crippen molar-refractivity contribution in [1.82, 2.24) is 0 Å². The Morgan fingerprint density at radius 3 is 2.61 bits per heavy atom. The Kier molecular flexibility index (Phi) is 5.80. The second-order valence-corrected chi connectivity index (χ2v) is 9.88. The molecule has 0 radical (unpaired) electrons. The Morgan fingerprint density at radius 1 is 1.09 bits per heavy atom. The largest absolute Gasteiger partial charge is 0.506 e. The Morgan fingerprint density at radius 2 is 1.85 bits per heavy atom. The molecule has 0 saturated carbocycles. The molecule has 0 spiro atoms. The molecule has 2 aliphatic heterocycles. The Bertz CT molecular complexity index is 1240. The number of imide groups is 1. The van der Waals surface area contributed by atoms with Gasteiger partial charge >= 0.3 is 11.9 Å². The third-order valence-electron chi connectivity index (χ3n) is 6.23. The number of nitro benzene ring substituents is 1. The fourth-order valence-corrected chi connectivity index (χ4v) is 6.25. The van der Waals surface area contributed by atoms with Gasteiger partial charge in [0.05, 0.1) is 4.92 Å². The number of halogens is 1. The quantitative estimate of drug-likeness (QED) is 0.307. The number of nitrogens with zero attached hydrogens (tertiary/aromatic N) is 3. The van der Waals surface area contributed by atoms with Crippen LogP contribution in [0.1, 0.15) is 37.7 Å². The first-order valence-corrected chi connectivity index (χ1v) is 12.0. The lowest BCUT2D eigenvalue weighted by atomic mass is 9.93. The zero-order valence-corrected chi connectivity index (χ0v) is 19.3. The predicted molar refractivity (Wildman–Crippen MR) is 128 cm³/mol. The molecule has 0 saturated heterocycles. The van der Waals surface area contributed by atoms with E-state index in [2.05, 4.69) is 0 Å². The van der Waals surface area contributed by atoms with Crippen molar-refractivity contribution in [3.05, 3.63) is 79.7 Å². The van der Waals surface area contributed by atoms with Crippen LogP contribution >= 0.6 is 23.4 Å². The van der Waals surface area contributed by atoms with Gasteiger partial charge in [-0.25, -0.2) is 4.79 Å². The fourth-order valence-electron chi connectivity index (χ4n) is 4.66. The maximum atomic E-state index is 13.7. The van der Waals surface area contributed by atoms with E-state index in [1.165, 1.54) is 33.7 Å². The summed E-state index contributed by atoms with van der Waals surface area (Å²) in [6, 6.07) is 12.5. The zero-order chi connectivity index (χ0) is 23.1. The number of thioether (sulfide) groups is 1. The molecule has 168 valence electrons. The van der Waals surface area contributed by atoms with Gasteiger partial charge < -0.3 is 0 Å². The molecular weight excluding hydrogens is 462 g/mol. The predicted octanol–water partition coefficient (Wildman–Crippen LogP) is 5.91. The van der Waals surface area contributed by atoms with Gasteiger partial charge in [-0.15, -0.1) is 4.90 Å². The number of urea groups is 1. The standard InChI is InChI=1S/C24H21ClN3O4S/c25-16-9-11-17(12-10-16)27-22(29)21-19-7-2-1-3-8-20(19)33-23(21)26(24(27)30)14-15-5-4-6-18(13-15)28(31)32/h4-6,9-13,21H,1-3,7-8,14H2/q+1. The second-order valence-electron chi connectivity index (χ2n) is 8.33. The van der Waals surface area contributed by atoms with Gasteiger partial charge in [0.25, 0.3) is 5.69 Å². The molecule has 3 amide bonds. The zero-order valence-electron chi connectivity index (χ0n) is 17.7. The van der Waals surface area contributed by atoms with E-state index in [1.54, 1.807) is 41.0 Å². The topological polar surface area (TPSA) is 83.5 Å². The summed E-state index contributed by atoms with van der Waals surface area (Å²) in [6.07, 6.45) is 4.97. The molecule has 2 aromatic carbocycles. The highest BCUT2D eigenvalue weighted by Crippen LogP contribution is 2.47. The molecule has 1 atom stereocenters. The van der Waals surface area contributed by atoms with Crippen molar-refractivity contribution in [1.29, 1.82) is 0 Å². The number of amides is 3. The van der Waals surface area contributed by atoms with Crippen molar-refractivity contribution in [2.75, 3.05) is 4.90 Å². The summed E-state index contributed by atoms with van der Waals surface area (Å²) < 4.78 is 1.61. The molecule has 2 aromatic rings. The maximum absolute atomic E-state index is 13.7. The van der Waals surface area contributed by atoms with E-state index in [-0.39, 0.29) is 18.1 Å². The van der Waals surface area contributed by atoms with Crippen LogP contribution < -0.4 is 4.90 Å². The molecule has 0 bridgehead atoms. The number of non-ortho nitro benzene ring substituents is 1. The number of rotatable bonds is 4. The van der Waals surface area contributed by atoms with Crippen LogP contribution in [0.25, 0.3) is 0 Å². The highest BCUT2D eigenvalue weighted by molar-refractivity contribution is 8.17. The summed E-state index contributed by atoms with van der Waals surface area (Å²) in [5, 5.41) is 12.5. The van der Waals surface area contributed by atoms with Crippen LogP contribution in [0.4, 0.5) is 16.2 Å². The SMILES string of the molecule is O=C1C2C3=C(CCCCC3)SC2=[N+](Cc2cccc([N+](=O)[O-])c2)C(=O)N1c1ccc(Cl)cc1. The third-order valence-corrected chi connectivity index (χ3v) is 7.86. The van der Waals surface area contributed by atoms with E-state index >= 15 is 0 Å². The number of nitro groups is 1. The summed E-state index contributed by atoms with van der Waals surface area (Å²) >= 11 is 7.57. The number of anilines is 1. The van der Waals surface area contributed by atoms with E-state index in [4.69, 9.17) is 11.6 Å². The first-order chi connectivity index (χ1) is 15.9. The molecule has 3 aliphatic rings. The highest BCUT2D eigenvalue weighted by atomic mass is 35.5. The van der Waals surface area contributed by atoms with Crippen molar-refractivity contribution in [2.24, 2.45) is 5.92 Å². The lowest BCUT2D eigenvalue weighted by Crippen LogP contribution is -2.53. The summed E-state index contributed by atoms with van der Waals surface area (Å²) in [5.74, 6) is -0.734. The van der Waals surface area contributed by atoms with Gasteiger partial charge in [-0.1, -0.05) is 41.9 Å². The molecule has 0 fully saturated rings. The maximum Gasteiger partial charge on any atom is 0.506 e. The van der Waals surface area contributed by atoms with E-state index in [0.29, 0.717) is 21.3 Å². The minimum Gasteiger partial charge on any atom is -0.258 e. The van der Waals surface area contributed by atoms with E-state index in [0.717, 1.165) is 37.7 Å². The summed E-state index contributed by atoms with van der Waals surface area (Å²) in [5.41, 5.74) is 2.19. The molecule has 2 heterocycles. The van der Waals surface area contributed by atoms with Crippen LogP contribution in [0.2, 0.25) is 5.02 Å². The van der Waals surface area contributed by atoms with Crippen molar-refractivity contribution in [2.45, 2.75) is 38.6 Å². The van der Waals surface area contributed by atoms with Gasteiger partial charge in [0.15, 0.2) is 11.0 Å². The van der Waals surface area contributed by atoms with Crippen molar-refractivity contribution in [3.63, 3.8) is 0 Å². The number of carbonyl (C=O) groups is 2. The van der Waals surface area contributed by atoms with Crippen molar-refractivity contribution >= 4 is 51.7 Å². The molecule has 0 aromatic heterocycles. The van der Waals surface area contributed by atoms with Gasteiger partial charge in [-0.2, -0.15) is 9.37 Å². The molecule has 33 heavy (non-hydrogen) atoms. The monoisotopic (exact) mass is 482 g/mol. The average molecular weight is 483 g/mol. The second kappa shape index (κ2) is 8.76. The molecule has 0 N–H and O–H groups in total. The number of hydrogen-bond donors (Lipinski definition) is 0. The van der Waals surface area contributed by atoms with Crippen molar-refractivity contribution < 1.29 is 19.1 Å². The Labute approximate surface area is 199 Å². The van der Waals surface area contributed by atoms with E-state index < -0.39 is 16.9 Å². The van der Waals surface area contributed by atoms with E-state index in [1.807, 2.05) is 0 Å². The van der Waals surface area contributed by atoms with Gasteiger partial charge in [-0.05, 0) is 60.4 Å². The molecule has 1 unspecified atom stereocenters. The number of fused-ring (bicyclic) bond motifs is 2. The van der Waals surface area contributed by atoms with Gasteiger partial charge in [0, 0.05) is 22.7 Å². The van der Waals surface area contributed by atoms with Gasteiger partial charge in [0.2, 0.25) is 0 Å². The molecule has 1 aliphatic carbocycles. The van der Waals surface area contributed by atoms with Gasteiger partial charge in [-0.3, -0.25) is 10.1 Å². The summed E-state index contributed by atoms with van der Waals surface area (Å²) in [4.78, 5) is 40.6. The molecule has 5 rings (SSSR count). The van der Waals surface area contributed by atoms with Crippen LogP contribution in [0.5, 0.6) is 0 Å². The fraction of sp³-hybridized carbons (Fsp3) is 0.292. The minimum absolute atomic E-state index is 0.0304. The highest BCUT2D eigenvalue weighted by Gasteiger charge is 2.54. The number of allylic oxidation sites excluding steroid dienone is 1. The molecule has 7 nitrogen and oxygen atoms in total. The summed E-state index contributed by atoms with van der Waals surface area (Å²) in [7, 11) is 0. The number of hydrogen-bond acceptors (Lipinski definition) is 5. The van der Waals surface area contributed by atoms with Crippen LogP contribution in [0.15, 0.2) is 59.0 Å². The van der Waals surface area contributed by atoms with Crippen LogP contribution in [0.3, 0.4) is 0 Å².